The highest BCUT2D eigenvalue weighted by molar-refractivity contribution is 7.99. The number of thioether (sulfide) groups is 1. The van der Waals surface area contributed by atoms with Crippen LogP contribution in [0.3, 0.4) is 0 Å². The van der Waals surface area contributed by atoms with Gasteiger partial charge in [0.15, 0.2) is 0 Å². The van der Waals surface area contributed by atoms with E-state index >= 15 is 0 Å². The fraction of sp³-hybridized carbons (Fsp3) is 0.562. The molecule has 1 unspecified atom stereocenters. The number of aromatic nitrogens is 2. The molecule has 1 fully saturated rings. The van der Waals surface area contributed by atoms with Gasteiger partial charge >= 0.3 is 0 Å². The van der Waals surface area contributed by atoms with Crippen LogP contribution in [-0.2, 0) is 13.1 Å². The maximum atomic E-state index is 4.76. The highest BCUT2D eigenvalue weighted by atomic mass is 32.2. The molecule has 1 saturated heterocycles. The van der Waals surface area contributed by atoms with Crippen LogP contribution < -0.4 is 5.32 Å². The summed E-state index contributed by atoms with van der Waals surface area (Å²) in [4.78, 5) is 4.76. The van der Waals surface area contributed by atoms with Crippen LogP contribution in [0.4, 0.5) is 0 Å². The third-order valence-corrected chi connectivity index (χ3v) is 5.38. The van der Waals surface area contributed by atoms with Crippen molar-refractivity contribution in [1.29, 1.82) is 0 Å². The first kappa shape index (κ1) is 14.0. The molecule has 1 aliphatic rings. The summed E-state index contributed by atoms with van der Waals surface area (Å²) in [6.45, 7) is 5.15. The second kappa shape index (κ2) is 6.64. The molecule has 20 heavy (non-hydrogen) atoms. The van der Waals surface area contributed by atoms with Crippen LogP contribution in [-0.4, -0.2) is 27.1 Å². The predicted octanol–water partition coefficient (Wildman–Crippen LogP) is 3.43. The summed E-state index contributed by atoms with van der Waals surface area (Å²) < 4.78 is 2.32. The third kappa shape index (κ3) is 3.01. The summed E-state index contributed by atoms with van der Waals surface area (Å²) in [6, 6.07) is 8.41. The molecule has 0 bridgehead atoms. The van der Waals surface area contributed by atoms with Gasteiger partial charge in [-0.3, -0.25) is 0 Å². The molecule has 2 aromatic rings. The van der Waals surface area contributed by atoms with Gasteiger partial charge in [0.2, 0.25) is 0 Å². The van der Waals surface area contributed by atoms with Crippen molar-refractivity contribution in [2.24, 2.45) is 0 Å². The van der Waals surface area contributed by atoms with Gasteiger partial charge in [0, 0.05) is 18.3 Å². The zero-order chi connectivity index (χ0) is 13.8. The summed E-state index contributed by atoms with van der Waals surface area (Å²) in [7, 11) is 0. The van der Waals surface area contributed by atoms with Gasteiger partial charge in [0.05, 0.1) is 17.6 Å². The number of hydrogen-bond donors (Lipinski definition) is 1. The van der Waals surface area contributed by atoms with Gasteiger partial charge in [-0.25, -0.2) is 4.98 Å². The summed E-state index contributed by atoms with van der Waals surface area (Å²) in [5.74, 6) is 2.49. The molecular weight excluding hydrogens is 266 g/mol. The largest absolute Gasteiger partial charge is 0.327 e. The SMILES string of the molecule is CCn1c(CNCC2CCCCS2)nc2ccccc21. The van der Waals surface area contributed by atoms with E-state index in [-0.39, 0.29) is 0 Å². The lowest BCUT2D eigenvalue weighted by Crippen LogP contribution is -2.27. The van der Waals surface area contributed by atoms with Crippen molar-refractivity contribution in [1.82, 2.24) is 14.9 Å². The number of rotatable bonds is 5. The van der Waals surface area contributed by atoms with Crippen LogP contribution in [0, 0.1) is 0 Å². The summed E-state index contributed by atoms with van der Waals surface area (Å²) in [5, 5.41) is 4.40. The quantitative estimate of drug-likeness (QED) is 0.914. The number of fused-ring (bicyclic) bond motifs is 1. The van der Waals surface area contributed by atoms with Crippen molar-refractivity contribution in [3.63, 3.8) is 0 Å². The van der Waals surface area contributed by atoms with Crippen LogP contribution in [0.5, 0.6) is 0 Å². The van der Waals surface area contributed by atoms with Crippen LogP contribution in [0.15, 0.2) is 24.3 Å². The minimum absolute atomic E-state index is 0.795. The Kier molecular flexibility index (Phi) is 4.63. The normalized spacial score (nSPS) is 19.6. The fourth-order valence-corrected chi connectivity index (χ4v) is 4.20. The van der Waals surface area contributed by atoms with Crippen molar-refractivity contribution in [3.8, 4) is 0 Å². The molecule has 1 N–H and O–H groups in total. The number of nitrogens with one attached hydrogen (secondary N) is 1. The second-order valence-corrected chi connectivity index (χ2v) is 6.79. The Labute approximate surface area is 125 Å². The molecule has 0 saturated carbocycles. The summed E-state index contributed by atoms with van der Waals surface area (Å²) >= 11 is 2.12. The van der Waals surface area contributed by atoms with Crippen LogP contribution in [0.1, 0.15) is 32.0 Å². The maximum Gasteiger partial charge on any atom is 0.123 e. The number of aryl methyl sites for hydroxylation is 1. The number of hydrogen-bond acceptors (Lipinski definition) is 3. The average molecular weight is 289 g/mol. The Balaban J connectivity index is 1.64. The van der Waals surface area contributed by atoms with E-state index in [0.29, 0.717) is 0 Å². The van der Waals surface area contributed by atoms with Crippen LogP contribution in [0.2, 0.25) is 0 Å². The highest BCUT2D eigenvalue weighted by Gasteiger charge is 2.14. The van der Waals surface area contributed by atoms with Crippen molar-refractivity contribution in [2.45, 2.75) is 44.5 Å². The molecule has 2 heterocycles. The third-order valence-electron chi connectivity index (χ3n) is 3.98. The summed E-state index contributed by atoms with van der Waals surface area (Å²) in [5.41, 5.74) is 2.36. The predicted molar refractivity (Wildman–Crippen MR) is 87.2 cm³/mol. The lowest BCUT2D eigenvalue weighted by atomic mass is 10.2. The molecular formula is C16H23N3S. The minimum atomic E-state index is 0.795. The first-order chi connectivity index (χ1) is 9.88. The van der Waals surface area contributed by atoms with Crippen molar-refractivity contribution >= 4 is 22.8 Å². The monoisotopic (exact) mass is 289 g/mol. The first-order valence-corrected chi connectivity index (χ1v) is 8.70. The molecule has 1 atom stereocenters. The molecule has 0 spiro atoms. The van der Waals surface area contributed by atoms with Gasteiger partial charge in [-0.05, 0) is 37.7 Å². The van der Waals surface area contributed by atoms with Gasteiger partial charge in [-0.2, -0.15) is 11.8 Å². The first-order valence-electron chi connectivity index (χ1n) is 7.65. The number of imidazole rings is 1. The number of para-hydroxylation sites is 2. The van der Waals surface area contributed by atoms with Crippen molar-refractivity contribution in [3.05, 3.63) is 30.1 Å². The zero-order valence-corrected chi connectivity index (χ0v) is 13.0. The molecule has 4 heteroatoms. The van der Waals surface area contributed by atoms with E-state index in [1.165, 1.54) is 30.5 Å². The molecule has 108 valence electrons. The number of nitrogens with zero attached hydrogens (tertiary/aromatic N) is 2. The highest BCUT2D eigenvalue weighted by Crippen LogP contribution is 2.24. The van der Waals surface area contributed by atoms with Gasteiger partial charge < -0.3 is 9.88 Å². The topological polar surface area (TPSA) is 29.9 Å². The molecule has 1 aromatic carbocycles. The Morgan fingerprint density at radius 3 is 3.05 bits per heavy atom. The van der Waals surface area contributed by atoms with Crippen LogP contribution in [0.25, 0.3) is 11.0 Å². The average Bonchev–Trinajstić information content (AvgIpc) is 2.86. The van der Waals surface area contributed by atoms with Gasteiger partial charge in [0.1, 0.15) is 5.82 Å². The molecule has 1 aliphatic heterocycles. The fourth-order valence-electron chi connectivity index (χ4n) is 2.93. The minimum Gasteiger partial charge on any atom is -0.327 e. The number of benzene rings is 1. The van der Waals surface area contributed by atoms with E-state index in [0.717, 1.165) is 36.2 Å². The lowest BCUT2D eigenvalue weighted by molar-refractivity contribution is 0.574. The van der Waals surface area contributed by atoms with E-state index in [1.54, 1.807) is 0 Å². The molecule has 3 rings (SSSR count). The molecule has 0 aliphatic carbocycles. The molecule has 0 amide bonds. The Hall–Kier alpha value is -1.00. The van der Waals surface area contributed by atoms with Crippen molar-refractivity contribution in [2.75, 3.05) is 12.3 Å². The van der Waals surface area contributed by atoms with Crippen molar-refractivity contribution < 1.29 is 0 Å². The lowest BCUT2D eigenvalue weighted by Gasteiger charge is -2.21. The second-order valence-electron chi connectivity index (χ2n) is 5.38. The Morgan fingerprint density at radius 1 is 1.35 bits per heavy atom. The van der Waals surface area contributed by atoms with Crippen LogP contribution >= 0.6 is 11.8 Å². The Morgan fingerprint density at radius 2 is 2.25 bits per heavy atom. The van der Waals surface area contributed by atoms with E-state index in [4.69, 9.17) is 4.98 Å². The molecule has 0 radical (unpaired) electrons. The van der Waals surface area contributed by atoms with E-state index < -0.39 is 0 Å². The van der Waals surface area contributed by atoms with E-state index in [9.17, 15) is 0 Å². The zero-order valence-electron chi connectivity index (χ0n) is 12.1. The van der Waals surface area contributed by atoms with Gasteiger partial charge in [0.25, 0.3) is 0 Å². The standard InChI is InChI=1S/C16H23N3S/c1-2-19-15-9-4-3-8-14(15)18-16(19)12-17-11-13-7-5-6-10-20-13/h3-4,8-9,13,17H,2,5-7,10-12H2,1H3. The van der Waals surface area contributed by atoms with E-state index in [2.05, 4.69) is 52.8 Å². The Bertz CT molecular complexity index is 558. The van der Waals surface area contributed by atoms with E-state index in [1.807, 2.05) is 0 Å². The maximum absolute atomic E-state index is 4.76. The van der Waals surface area contributed by atoms with Gasteiger partial charge in [-0.1, -0.05) is 18.6 Å². The van der Waals surface area contributed by atoms with Gasteiger partial charge in [-0.15, -0.1) is 0 Å². The molecule has 1 aromatic heterocycles. The molecule has 3 nitrogen and oxygen atoms in total. The smallest absolute Gasteiger partial charge is 0.123 e. The summed E-state index contributed by atoms with van der Waals surface area (Å²) in [6.07, 6.45) is 4.15.